The Balaban J connectivity index is 1.97. The normalized spacial score (nSPS) is 12.8. The molecule has 3 aromatic carbocycles. The highest BCUT2D eigenvalue weighted by Gasteiger charge is 2.20. The van der Waals surface area contributed by atoms with Gasteiger partial charge in [0.2, 0.25) is 0 Å². The summed E-state index contributed by atoms with van der Waals surface area (Å²) in [7, 11) is 0. The quantitative estimate of drug-likeness (QED) is 0.457. The van der Waals surface area contributed by atoms with Crippen LogP contribution in [0.3, 0.4) is 0 Å². The Morgan fingerprint density at radius 2 is 1.46 bits per heavy atom. The van der Waals surface area contributed by atoms with Gasteiger partial charge in [0, 0.05) is 6.42 Å². The van der Waals surface area contributed by atoms with Crippen LogP contribution in [0.5, 0.6) is 0 Å². The summed E-state index contributed by atoms with van der Waals surface area (Å²) in [5, 5.41) is 0. The molecule has 0 nitrogen and oxygen atoms in total. The van der Waals surface area contributed by atoms with E-state index in [2.05, 4.69) is 93.1 Å². The van der Waals surface area contributed by atoms with Crippen LogP contribution < -0.4 is 0 Å². The smallest absolute Gasteiger partial charge is 0.0164 e. The molecule has 0 heteroatoms. The van der Waals surface area contributed by atoms with Crippen LogP contribution in [-0.4, -0.2) is 0 Å². The third-order valence-electron chi connectivity index (χ3n) is 5.24. The Hall–Kier alpha value is -2.60. The van der Waals surface area contributed by atoms with Crippen molar-refractivity contribution in [2.75, 3.05) is 0 Å². The van der Waals surface area contributed by atoms with E-state index in [-0.39, 0.29) is 0 Å². The highest BCUT2D eigenvalue weighted by Crippen LogP contribution is 2.42. The van der Waals surface area contributed by atoms with Crippen molar-refractivity contribution in [1.29, 1.82) is 0 Å². The van der Waals surface area contributed by atoms with Crippen molar-refractivity contribution >= 4 is 6.08 Å². The first-order valence-corrected chi connectivity index (χ1v) is 9.67. The van der Waals surface area contributed by atoms with Crippen molar-refractivity contribution in [2.24, 2.45) is 0 Å². The van der Waals surface area contributed by atoms with Gasteiger partial charge in [-0.1, -0.05) is 98.6 Å². The predicted octanol–water partition coefficient (Wildman–Crippen LogP) is 7.33. The van der Waals surface area contributed by atoms with Gasteiger partial charge in [0.1, 0.15) is 0 Å². The zero-order valence-electron chi connectivity index (χ0n) is 15.6. The maximum atomic E-state index is 2.39. The molecule has 0 spiro atoms. The number of rotatable bonds is 5. The third kappa shape index (κ3) is 3.01. The van der Waals surface area contributed by atoms with Crippen LogP contribution in [-0.2, 0) is 6.42 Å². The lowest BCUT2D eigenvalue weighted by Gasteiger charge is -2.18. The summed E-state index contributed by atoms with van der Waals surface area (Å²) in [5.74, 6) is 0. The van der Waals surface area contributed by atoms with E-state index in [1.165, 1.54) is 44.5 Å². The fourth-order valence-corrected chi connectivity index (χ4v) is 3.96. The van der Waals surface area contributed by atoms with Gasteiger partial charge in [0.25, 0.3) is 0 Å². The lowest BCUT2D eigenvalue weighted by atomic mass is 9.86. The van der Waals surface area contributed by atoms with Gasteiger partial charge in [0.05, 0.1) is 0 Å². The molecule has 0 amide bonds. The summed E-state index contributed by atoms with van der Waals surface area (Å²) in [6, 6.07) is 24.2. The van der Waals surface area contributed by atoms with Gasteiger partial charge in [-0.25, -0.2) is 0 Å². The molecule has 4 rings (SSSR count). The number of hydrogen-bond donors (Lipinski definition) is 0. The SMILES string of the molecule is CCCc1ccc2c(c1-c1ccccc1-c1ccccc1)C=C(CC)[CH]2. The largest absolute Gasteiger partial charge is 0.0651 e. The first-order chi connectivity index (χ1) is 12.8. The zero-order chi connectivity index (χ0) is 17.9. The van der Waals surface area contributed by atoms with Crippen molar-refractivity contribution in [1.82, 2.24) is 0 Å². The van der Waals surface area contributed by atoms with Gasteiger partial charge in [-0.05, 0) is 51.8 Å². The summed E-state index contributed by atoms with van der Waals surface area (Å²) in [6.07, 6.45) is 8.09. The molecule has 3 aromatic rings. The van der Waals surface area contributed by atoms with Crippen molar-refractivity contribution < 1.29 is 0 Å². The molecule has 0 fully saturated rings. The molecule has 0 heterocycles. The first-order valence-electron chi connectivity index (χ1n) is 9.67. The molecule has 0 aliphatic heterocycles. The minimum Gasteiger partial charge on any atom is -0.0651 e. The molecule has 0 saturated carbocycles. The fourth-order valence-electron chi connectivity index (χ4n) is 3.96. The van der Waals surface area contributed by atoms with Gasteiger partial charge in [0.15, 0.2) is 0 Å². The van der Waals surface area contributed by atoms with E-state index >= 15 is 0 Å². The molecule has 0 bridgehead atoms. The Morgan fingerprint density at radius 1 is 0.731 bits per heavy atom. The van der Waals surface area contributed by atoms with Crippen LogP contribution in [0, 0.1) is 6.42 Å². The van der Waals surface area contributed by atoms with Crippen LogP contribution in [0.1, 0.15) is 43.4 Å². The lowest BCUT2D eigenvalue weighted by molar-refractivity contribution is 0.923. The molecule has 0 atom stereocenters. The predicted molar refractivity (Wildman–Crippen MR) is 113 cm³/mol. The van der Waals surface area contributed by atoms with Crippen LogP contribution in [0.2, 0.25) is 0 Å². The molecule has 1 radical (unpaired) electrons. The van der Waals surface area contributed by atoms with Crippen molar-refractivity contribution in [2.45, 2.75) is 33.1 Å². The standard InChI is InChI=1S/C26H25/c1-3-10-21-15-16-22-17-19(4-2)18-25(22)26(21)24-14-9-8-13-23(24)20-11-6-5-7-12-20/h5-9,11-18H,3-4,10H2,1-2H3. The van der Waals surface area contributed by atoms with E-state index in [0.29, 0.717) is 0 Å². The third-order valence-corrected chi connectivity index (χ3v) is 5.24. The lowest BCUT2D eigenvalue weighted by Crippen LogP contribution is -1.96. The number of benzene rings is 3. The van der Waals surface area contributed by atoms with E-state index in [1.54, 1.807) is 0 Å². The van der Waals surface area contributed by atoms with Gasteiger partial charge in [-0.3, -0.25) is 0 Å². The number of hydrogen-bond acceptors (Lipinski definition) is 0. The van der Waals surface area contributed by atoms with E-state index in [9.17, 15) is 0 Å². The summed E-state index contributed by atoms with van der Waals surface area (Å²) >= 11 is 0. The number of fused-ring (bicyclic) bond motifs is 1. The Morgan fingerprint density at radius 3 is 2.19 bits per heavy atom. The van der Waals surface area contributed by atoms with Gasteiger partial charge >= 0.3 is 0 Å². The molecule has 1 aliphatic rings. The average molecular weight is 337 g/mol. The molecule has 0 N–H and O–H groups in total. The van der Waals surface area contributed by atoms with Crippen LogP contribution >= 0.6 is 0 Å². The summed E-state index contributed by atoms with van der Waals surface area (Å²) in [6.45, 7) is 4.50. The van der Waals surface area contributed by atoms with Gasteiger partial charge < -0.3 is 0 Å². The van der Waals surface area contributed by atoms with Crippen LogP contribution in [0.15, 0.2) is 72.3 Å². The average Bonchev–Trinajstić information content (AvgIpc) is 3.12. The van der Waals surface area contributed by atoms with Gasteiger partial charge in [-0.15, -0.1) is 0 Å². The summed E-state index contributed by atoms with van der Waals surface area (Å²) < 4.78 is 0. The maximum Gasteiger partial charge on any atom is 0.0164 e. The van der Waals surface area contributed by atoms with E-state index in [1.807, 2.05) is 0 Å². The number of aryl methyl sites for hydroxylation is 1. The van der Waals surface area contributed by atoms with Crippen LogP contribution in [0.25, 0.3) is 28.3 Å². The molecule has 0 saturated heterocycles. The molecule has 0 aromatic heterocycles. The highest BCUT2D eigenvalue weighted by atomic mass is 14.2. The molecular weight excluding hydrogens is 312 g/mol. The monoisotopic (exact) mass is 337 g/mol. The second-order valence-electron chi connectivity index (χ2n) is 6.98. The van der Waals surface area contributed by atoms with E-state index in [4.69, 9.17) is 0 Å². The minimum atomic E-state index is 1.08. The van der Waals surface area contributed by atoms with E-state index < -0.39 is 0 Å². The van der Waals surface area contributed by atoms with Crippen molar-refractivity contribution in [3.8, 4) is 22.3 Å². The Kier molecular flexibility index (Phi) is 4.75. The fraction of sp³-hybridized carbons (Fsp3) is 0.192. The molecule has 1 aliphatic carbocycles. The minimum absolute atomic E-state index is 1.08. The molecule has 0 unspecified atom stereocenters. The summed E-state index contributed by atoms with van der Waals surface area (Å²) in [5.41, 5.74) is 11.0. The highest BCUT2D eigenvalue weighted by molar-refractivity contribution is 5.92. The van der Waals surface area contributed by atoms with Crippen molar-refractivity contribution in [3.05, 3.63) is 95.4 Å². The van der Waals surface area contributed by atoms with E-state index in [0.717, 1.165) is 19.3 Å². The molecule has 129 valence electrons. The molecular formula is C26H25. The molecule has 26 heavy (non-hydrogen) atoms. The second kappa shape index (κ2) is 7.33. The Bertz CT molecular complexity index is 945. The summed E-state index contributed by atoms with van der Waals surface area (Å²) in [4.78, 5) is 0. The van der Waals surface area contributed by atoms with Crippen LogP contribution in [0.4, 0.5) is 0 Å². The second-order valence-corrected chi connectivity index (χ2v) is 6.98. The van der Waals surface area contributed by atoms with Gasteiger partial charge in [-0.2, -0.15) is 0 Å². The topological polar surface area (TPSA) is 0 Å². The maximum absolute atomic E-state index is 2.39. The number of allylic oxidation sites excluding steroid dienone is 1. The van der Waals surface area contributed by atoms with Crippen molar-refractivity contribution in [3.63, 3.8) is 0 Å². The Labute approximate surface area is 157 Å². The zero-order valence-corrected chi connectivity index (χ0v) is 15.6. The first kappa shape index (κ1) is 16.8.